The maximum atomic E-state index is 5.75. The zero-order valence-corrected chi connectivity index (χ0v) is 12.3. The first-order valence-electron chi connectivity index (χ1n) is 6.71. The third-order valence-electron chi connectivity index (χ3n) is 3.48. The molecule has 1 aliphatic heterocycles. The average molecular weight is 312 g/mol. The molecule has 0 saturated carbocycles. The van der Waals surface area contributed by atoms with E-state index in [0.717, 1.165) is 22.4 Å². The summed E-state index contributed by atoms with van der Waals surface area (Å²) >= 11 is 5.07. The molecule has 0 aliphatic carbocycles. The van der Waals surface area contributed by atoms with Crippen molar-refractivity contribution in [3.05, 3.63) is 36.7 Å². The Morgan fingerprint density at radius 3 is 2.86 bits per heavy atom. The van der Waals surface area contributed by atoms with E-state index in [9.17, 15) is 0 Å². The van der Waals surface area contributed by atoms with Gasteiger partial charge in [0.25, 0.3) is 0 Å². The van der Waals surface area contributed by atoms with E-state index >= 15 is 0 Å². The number of hydrogen-bond acceptors (Lipinski definition) is 5. The summed E-state index contributed by atoms with van der Waals surface area (Å²) in [5.74, 6) is 2.17. The molecule has 0 fully saturated rings. The number of benzene rings is 1. The lowest BCUT2D eigenvalue weighted by atomic mass is 10.2. The van der Waals surface area contributed by atoms with E-state index in [0.29, 0.717) is 23.0 Å². The van der Waals surface area contributed by atoms with Crippen molar-refractivity contribution >= 4 is 28.2 Å². The Bertz CT molecular complexity index is 876. The van der Waals surface area contributed by atoms with E-state index in [1.165, 1.54) is 0 Å². The number of rotatable bonds is 3. The fourth-order valence-electron chi connectivity index (χ4n) is 2.55. The standard InChI is InChI=1S/C15H12N4O2S/c16-14(22)7-19-11-5-13-12(20-8-21-13)4-10(11)18-15(19)9-2-1-3-17-6-9/h1-6H,7-8H2,(H2,16,22). The molecule has 4 rings (SSSR count). The minimum Gasteiger partial charge on any atom is -0.454 e. The molecule has 2 aromatic heterocycles. The van der Waals surface area contributed by atoms with Gasteiger partial charge in [-0.3, -0.25) is 4.98 Å². The lowest BCUT2D eigenvalue weighted by Crippen LogP contribution is -2.17. The number of fused-ring (bicyclic) bond motifs is 2. The highest BCUT2D eigenvalue weighted by atomic mass is 32.1. The molecule has 0 spiro atoms. The van der Waals surface area contributed by atoms with Gasteiger partial charge in [-0.1, -0.05) is 12.2 Å². The van der Waals surface area contributed by atoms with Crippen LogP contribution in [0.5, 0.6) is 11.5 Å². The lowest BCUT2D eigenvalue weighted by molar-refractivity contribution is 0.174. The van der Waals surface area contributed by atoms with Crippen LogP contribution in [0.1, 0.15) is 0 Å². The van der Waals surface area contributed by atoms with Crippen LogP contribution in [0.25, 0.3) is 22.4 Å². The van der Waals surface area contributed by atoms with Crippen molar-refractivity contribution in [1.82, 2.24) is 14.5 Å². The Hall–Kier alpha value is -2.67. The third-order valence-corrected chi connectivity index (χ3v) is 3.61. The second-order valence-electron chi connectivity index (χ2n) is 4.92. The molecule has 0 saturated heterocycles. The summed E-state index contributed by atoms with van der Waals surface area (Å²) in [6.07, 6.45) is 3.48. The fourth-order valence-corrected chi connectivity index (χ4v) is 2.68. The number of imidazole rings is 1. The summed E-state index contributed by atoms with van der Waals surface area (Å²) in [5.41, 5.74) is 8.35. The van der Waals surface area contributed by atoms with E-state index in [1.807, 2.05) is 28.8 Å². The Labute approximate surface area is 131 Å². The van der Waals surface area contributed by atoms with Crippen molar-refractivity contribution in [3.8, 4) is 22.9 Å². The summed E-state index contributed by atoms with van der Waals surface area (Å²) in [5, 5.41) is 0. The van der Waals surface area contributed by atoms with Crippen LogP contribution in [0.3, 0.4) is 0 Å². The molecule has 0 radical (unpaired) electrons. The van der Waals surface area contributed by atoms with Crippen LogP contribution in [-0.4, -0.2) is 26.3 Å². The SMILES string of the molecule is NC(=S)Cn1c(-c2cccnc2)nc2cc3c(cc21)OCO3. The van der Waals surface area contributed by atoms with Crippen LogP contribution in [0.2, 0.25) is 0 Å². The highest BCUT2D eigenvalue weighted by molar-refractivity contribution is 7.80. The molecule has 0 bridgehead atoms. The monoisotopic (exact) mass is 312 g/mol. The first-order valence-corrected chi connectivity index (χ1v) is 7.12. The molecule has 1 aromatic carbocycles. The quantitative estimate of drug-likeness (QED) is 0.747. The van der Waals surface area contributed by atoms with Crippen molar-refractivity contribution in [2.24, 2.45) is 5.73 Å². The molecule has 0 amide bonds. The number of aromatic nitrogens is 3. The van der Waals surface area contributed by atoms with Gasteiger partial charge in [-0.25, -0.2) is 4.98 Å². The van der Waals surface area contributed by atoms with E-state index in [-0.39, 0.29) is 6.79 Å². The summed E-state index contributed by atoms with van der Waals surface area (Å²) in [6.45, 7) is 0.627. The normalized spacial score (nSPS) is 12.7. The summed E-state index contributed by atoms with van der Waals surface area (Å²) < 4.78 is 12.8. The minimum absolute atomic E-state index is 0.229. The number of hydrogen-bond donors (Lipinski definition) is 1. The maximum absolute atomic E-state index is 5.75. The zero-order valence-electron chi connectivity index (χ0n) is 11.5. The first kappa shape index (κ1) is 13.0. The molecule has 3 aromatic rings. The van der Waals surface area contributed by atoms with Gasteiger partial charge in [-0.15, -0.1) is 0 Å². The van der Waals surface area contributed by atoms with Crippen molar-refractivity contribution < 1.29 is 9.47 Å². The van der Waals surface area contributed by atoms with Gasteiger partial charge < -0.3 is 19.8 Å². The van der Waals surface area contributed by atoms with Crippen molar-refractivity contribution in [2.75, 3.05) is 6.79 Å². The van der Waals surface area contributed by atoms with Gasteiger partial charge in [0.15, 0.2) is 11.5 Å². The van der Waals surface area contributed by atoms with Gasteiger partial charge >= 0.3 is 0 Å². The predicted molar refractivity (Wildman–Crippen MR) is 85.9 cm³/mol. The van der Waals surface area contributed by atoms with Crippen molar-refractivity contribution in [1.29, 1.82) is 0 Å². The number of ether oxygens (including phenoxy) is 2. The average Bonchev–Trinajstić information content (AvgIpc) is 3.10. The zero-order chi connectivity index (χ0) is 15.1. The van der Waals surface area contributed by atoms with Gasteiger partial charge in [0.2, 0.25) is 6.79 Å². The van der Waals surface area contributed by atoms with Gasteiger partial charge in [-0.2, -0.15) is 0 Å². The number of nitrogens with two attached hydrogens (primary N) is 1. The molecule has 22 heavy (non-hydrogen) atoms. The fraction of sp³-hybridized carbons (Fsp3) is 0.133. The molecule has 3 heterocycles. The van der Waals surface area contributed by atoms with Crippen molar-refractivity contribution in [3.63, 3.8) is 0 Å². The number of thiocarbonyl (C=S) groups is 1. The van der Waals surface area contributed by atoms with Crippen LogP contribution >= 0.6 is 12.2 Å². The minimum atomic E-state index is 0.229. The number of nitrogens with zero attached hydrogens (tertiary/aromatic N) is 3. The molecule has 0 atom stereocenters. The molecular formula is C15H12N4O2S. The van der Waals surface area contributed by atoms with Crippen LogP contribution in [-0.2, 0) is 6.54 Å². The smallest absolute Gasteiger partial charge is 0.231 e. The van der Waals surface area contributed by atoms with E-state index in [2.05, 4.69) is 9.97 Å². The van der Waals surface area contributed by atoms with Crippen molar-refractivity contribution in [2.45, 2.75) is 6.54 Å². The van der Waals surface area contributed by atoms with Gasteiger partial charge in [0.05, 0.1) is 22.6 Å². The second-order valence-corrected chi connectivity index (χ2v) is 5.45. The van der Waals surface area contributed by atoms with Crippen LogP contribution in [0.4, 0.5) is 0 Å². The topological polar surface area (TPSA) is 75.2 Å². The Kier molecular flexibility index (Phi) is 2.93. The third kappa shape index (κ3) is 2.06. The largest absolute Gasteiger partial charge is 0.454 e. The second kappa shape index (κ2) is 4.96. The summed E-state index contributed by atoms with van der Waals surface area (Å²) in [7, 11) is 0. The van der Waals surface area contributed by atoms with Gasteiger partial charge in [-0.05, 0) is 12.1 Å². The molecule has 0 unspecified atom stereocenters. The molecular weight excluding hydrogens is 300 g/mol. The lowest BCUT2D eigenvalue weighted by Gasteiger charge is -2.08. The maximum Gasteiger partial charge on any atom is 0.231 e. The van der Waals surface area contributed by atoms with Crippen LogP contribution in [0, 0.1) is 0 Å². The molecule has 110 valence electrons. The summed E-state index contributed by atoms with van der Waals surface area (Å²) in [4.78, 5) is 9.22. The van der Waals surface area contributed by atoms with Gasteiger partial charge in [0, 0.05) is 30.1 Å². The van der Waals surface area contributed by atoms with E-state index < -0.39 is 0 Å². The van der Waals surface area contributed by atoms with Gasteiger partial charge in [0.1, 0.15) is 5.82 Å². The molecule has 6 nitrogen and oxygen atoms in total. The first-order chi connectivity index (χ1) is 10.7. The predicted octanol–water partition coefficient (Wildman–Crippen LogP) is 2.11. The molecule has 1 aliphatic rings. The number of pyridine rings is 1. The van der Waals surface area contributed by atoms with Crippen LogP contribution in [0.15, 0.2) is 36.7 Å². The Morgan fingerprint density at radius 2 is 2.14 bits per heavy atom. The van der Waals surface area contributed by atoms with E-state index in [4.69, 9.17) is 27.4 Å². The molecule has 7 heteroatoms. The van der Waals surface area contributed by atoms with E-state index in [1.54, 1.807) is 12.4 Å². The highest BCUT2D eigenvalue weighted by Gasteiger charge is 2.20. The Balaban J connectivity index is 1.97. The highest BCUT2D eigenvalue weighted by Crippen LogP contribution is 2.37. The molecule has 2 N–H and O–H groups in total. The van der Waals surface area contributed by atoms with Crippen LogP contribution < -0.4 is 15.2 Å². The Morgan fingerprint density at radius 1 is 1.32 bits per heavy atom. The summed E-state index contributed by atoms with van der Waals surface area (Å²) in [6, 6.07) is 7.59.